The van der Waals surface area contributed by atoms with Crippen molar-refractivity contribution in [1.82, 2.24) is 4.98 Å². The maximum absolute atomic E-state index is 5.91. The second-order valence-corrected chi connectivity index (χ2v) is 5.11. The topological polar surface area (TPSA) is 24.9 Å². The van der Waals surface area contributed by atoms with Gasteiger partial charge in [-0.25, -0.2) is 4.98 Å². The summed E-state index contributed by atoms with van der Waals surface area (Å²) in [5, 5.41) is 3.72. The Bertz CT molecular complexity index is 337. The molecule has 0 unspecified atom stereocenters. The molecule has 0 bridgehead atoms. The standard InChI is InChI=1S/C10H12BrClN2/c1-6-2-3-13-10(9(6)11)14-8-4-7(12)5-8/h2-3,7-8H,4-5H2,1H3,(H,13,14). The van der Waals surface area contributed by atoms with E-state index in [0.717, 1.165) is 23.1 Å². The fraction of sp³-hybridized carbons (Fsp3) is 0.500. The van der Waals surface area contributed by atoms with E-state index in [1.165, 1.54) is 5.56 Å². The molecule has 0 amide bonds. The van der Waals surface area contributed by atoms with Crippen LogP contribution in [0.1, 0.15) is 18.4 Å². The molecule has 14 heavy (non-hydrogen) atoms. The van der Waals surface area contributed by atoms with Gasteiger partial charge in [-0.3, -0.25) is 0 Å². The van der Waals surface area contributed by atoms with Crippen molar-refractivity contribution in [1.29, 1.82) is 0 Å². The number of nitrogens with one attached hydrogen (secondary N) is 1. The lowest BCUT2D eigenvalue weighted by atomic mass is 9.92. The molecule has 1 aliphatic rings. The van der Waals surface area contributed by atoms with Crippen LogP contribution in [0.3, 0.4) is 0 Å². The molecule has 2 nitrogen and oxygen atoms in total. The fourth-order valence-electron chi connectivity index (χ4n) is 1.50. The molecule has 0 aromatic carbocycles. The highest BCUT2D eigenvalue weighted by Crippen LogP contribution is 2.31. The molecule has 0 radical (unpaired) electrons. The van der Waals surface area contributed by atoms with Crippen molar-refractivity contribution in [3.63, 3.8) is 0 Å². The Morgan fingerprint density at radius 1 is 1.57 bits per heavy atom. The molecule has 1 heterocycles. The molecule has 76 valence electrons. The second kappa shape index (κ2) is 4.07. The molecule has 1 N–H and O–H groups in total. The van der Waals surface area contributed by atoms with Crippen LogP contribution in [0.4, 0.5) is 5.82 Å². The minimum Gasteiger partial charge on any atom is -0.366 e. The number of pyridine rings is 1. The van der Waals surface area contributed by atoms with Gasteiger partial charge in [0.05, 0.1) is 4.47 Å². The van der Waals surface area contributed by atoms with Crippen molar-refractivity contribution < 1.29 is 0 Å². The van der Waals surface area contributed by atoms with Gasteiger partial charge in [0.25, 0.3) is 0 Å². The lowest BCUT2D eigenvalue weighted by molar-refractivity contribution is 0.453. The summed E-state index contributed by atoms with van der Waals surface area (Å²) in [5.74, 6) is 0.929. The van der Waals surface area contributed by atoms with Crippen LogP contribution in [0, 0.1) is 6.92 Å². The van der Waals surface area contributed by atoms with Crippen molar-refractivity contribution in [2.24, 2.45) is 0 Å². The Labute approximate surface area is 97.2 Å². The van der Waals surface area contributed by atoms with Gasteiger partial charge in [0.1, 0.15) is 5.82 Å². The van der Waals surface area contributed by atoms with Gasteiger partial charge < -0.3 is 5.32 Å². The highest BCUT2D eigenvalue weighted by molar-refractivity contribution is 9.10. The first kappa shape index (κ1) is 10.2. The van der Waals surface area contributed by atoms with Crippen LogP contribution in [0.25, 0.3) is 0 Å². The van der Waals surface area contributed by atoms with Gasteiger partial charge >= 0.3 is 0 Å². The average molecular weight is 276 g/mol. The van der Waals surface area contributed by atoms with E-state index < -0.39 is 0 Å². The van der Waals surface area contributed by atoms with E-state index in [1.807, 2.05) is 12.3 Å². The lowest BCUT2D eigenvalue weighted by Crippen LogP contribution is -2.36. The van der Waals surface area contributed by atoms with Gasteiger partial charge in [-0.1, -0.05) is 0 Å². The van der Waals surface area contributed by atoms with Crippen molar-refractivity contribution in [2.75, 3.05) is 5.32 Å². The van der Waals surface area contributed by atoms with Gasteiger partial charge in [-0.05, 0) is 47.3 Å². The zero-order valence-electron chi connectivity index (χ0n) is 7.93. The SMILES string of the molecule is Cc1ccnc(NC2CC(Cl)C2)c1Br. The van der Waals surface area contributed by atoms with Gasteiger partial charge in [-0.2, -0.15) is 0 Å². The maximum atomic E-state index is 5.91. The van der Waals surface area contributed by atoms with E-state index >= 15 is 0 Å². The molecule has 1 saturated carbocycles. The number of alkyl halides is 1. The zero-order chi connectivity index (χ0) is 10.1. The Hall–Kier alpha value is -0.280. The summed E-state index contributed by atoms with van der Waals surface area (Å²) < 4.78 is 1.05. The number of hydrogen-bond donors (Lipinski definition) is 1. The minimum atomic E-state index is 0.344. The summed E-state index contributed by atoms with van der Waals surface area (Å²) >= 11 is 9.43. The zero-order valence-corrected chi connectivity index (χ0v) is 10.3. The third-order valence-corrected chi connectivity index (χ3v) is 3.86. The third kappa shape index (κ3) is 2.04. The van der Waals surface area contributed by atoms with Crippen molar-refractivity contribution in [2.45, 2.75) is 31.2 Å². The van der Waals surface area contributed by atoms with Crippen molar-refractivity contribution in [3.8, 4) is 0 Å². The monoisotopic (exact) mass is 274 g/mol. The second-order valence-electron chi connectivity index (χ2n) is 3.70. The largest absolute Gasteiger partial charge is 0.366 e. The van der Waals surface area contributed by atoms with Crippen molar-refractivity contribution in [3.05, 3.63) is 22.3 Å². The molecule has 1 aromatic heterocycles. The van der Waals surface area contributed by atoms with Crippen LogP contribution in [0.5, 0.6) is 0 Å². The van der Waals surface area contributed by atoms with Crippen LogP contribution in [-0.4, -0.2) is 16.4 Å². The molecule has 1 aliphatic carbocycles. The summed E-state index contributed by atoms with van der Waals surface area (Å²) in [7, 11) is 0. The quantitative estimate of drug-likeness (QED) is 0.838. The van der Waals surface area contributed by atoms with Gasteiger partial charge in [0, 0.05) is 17.6 Å². The van der Waals surface area contributed by atoms with E-state index in [1.54, 1.807) is 0 Å². The normalized spacial score (nSPS) is 25.6. The fourth-order valence-corrected chi connectivity index (χ4v) is 2.28. The summed E-state index contributed by atoms with van der Waals surface area (Å²) in [6.07, 6.45) is 3.88. The number of rotatable bonds is 2. The molecule has 0 atom stereocenters. The minimum absolute atomic E-state index is 0.344. The number of nitrogens with zero attached hydrogens (tertiary/aromatic N) is 1. The predicted octanol–water partition coefficient (Wildman–Crippen LogP) is 3.33. The van der Waals surface area contributed by atoms with Gasteiger partial charge in [0.15, 0.2) is 0 Å². The first-order valence-electron chi connectivity index (χ1n) is 4.68. The highest BCUT2D eigenvalue weighted by atomic mass is 79.9. The molecule has 4 heteroatoms. The van der Waals surface area contributed by atoms with E-state index in [2.05, 4.69) is 33.2 Å². The molecular formula is C10H12BrClN2. The molecule has 0 spiro atoms. The predicted molar refractivity (Wildman–Crippen MR) is 63.0 cm³/mol. The Morgan fingerprint density at radius 2 is 2.29 bits per heavy atom. The number of aromatic nitrogens is 1. The smallest absolute Gasteiger partial charge is 0.140 e. The van der Waals surface area contributed by atoms with E-state index in [-0.39, 0.29) is 0 Å². The summed E-state index contributed by atoms with van der Waals surface area (Å²) in [6.45, 7) is 2.06. The first-order chi connectivity index (χ1) is 6.66. The van der Waals surface area contributed by atoms with Crippen LogP contribution in [0.2, 0.25) is 0 Å². The van der Waals surface area contributed by atoms with E-state index in [4.69, 9.17) is 11.6 Å². The summed E-state index contributed by atoms with van der Waals surface area (Å²) in [6, 6.07) is 2.48. The van der Waals surface area contributed by atoms with Crippen LogP contribution in [-0.2, 0) is 0 Å². The van der Waals surface area contributed by atoms with Gasteiger partial charge in [-0.15, -0.1) is 11.6 Å². The Balaban J connectivity index is 2.06. The average Bonchev–Trinajstić information content (AvgIpc) is 2.10. The molecule has 1 fully saturated rings. The van der Waals surface area contributed by atoms with Crippen LogP contribution < -0.4 is 5.32 Å². The first-order valence-corrected chi connectivity index (χ1v) is 5.91. The molecule has 0 saturated heterocycles. The van der Waals surface area contributed by atoms with E-state index in [0.29, 0.717) is 11.4 Å². The molecule has 2 rings (SSSR count). The van der Waals surface area contributed by atoms with Crippen LogP contribution in [0.15, 0.2) is 16.7 Å². The molecular weight excluding hydrogens is 263 g/mol. The number of hydrogen-bond acceptors (Lipinski definition) is 2. The Kier molecular flexibility index (Phi) is 2.98. The lowest BCUT2D eigenvalue weighted by Gasteiger charge is -2.32. The maximum Gasteiger partial charge on any atom is 0.140 e. The van der Waals surface area contributed by atoms with Crippen LogP contribution >= 0.6 is 27.5 Å². The third-order valence-electron chi connectivity index (χ3n) is 2.50. The number of anilines is 1. The van der Waals surface area contributed by atoms with E-state index in [9.17, 15) is 0 Å². The summed E-state index contributed by atoms with van der Waals surface area (Å²) in [5.41, 5.74) is 1.20. The van der Waals surface area contributed by atoms with Crippen molar-refractivity contribution >= 4 is 33.3 Å². The highest BCUT2D eigenvalue weighted by Gasteiger charge is 2.27. The number of halogens is 2. The molecule has 1 aromatic rings. The van der Waals surface area contributed by atoms with Gasteiger partial charge in [0.2, 0.25) is 0 Å². The summed E-state index contributed by atoms with van der Waals surface area (Å²) in [4.78, 5) is 4.28. The molecule has 0 aliphatic heterocycles. The Morgan fingerprint density at radius 3 is 2.93 bits per heavy atom. The number of aryl methyl sites for hydroxylation is 1.